The summed E-state index contributed by atoms with van der Waals surface area (Å²) in [6.45, 7) is 5.23. The van der Waals surface area contributed by atoms with Crippen LogP contribution in [-0.4, -0.2) is 36.4 Å². The second kappa shape index (κ2) is 9.07. The Labute approximate surface area is 170 Å². The highest BCUT2D eigenvalue weighted by Crippen LogP contribution is 2.30. The van der Waals surface area contributed by atoms with Gasteiger partial charge >= 0.3 is 0 Å². The molecule has 0 spiro atoms. The molecular weight excluding hydrogens is 371 g/mol. The molecule has 1 aliphatic rings. The lowest BCUT2D eigenvalue weighted by molar-refractivity contribution is -0.142. The number of halogens is 1. The Hall–Kier alpha value is -2.89. The van der Waals surface area contributed by atoms with Crippen molar-refractivity contribution in [1.29, 1.82) is 0 Å². The zero-order valence-electron chi connectivity index (χ0n) is 16.9. The quantitative estimate of drug-likeness (QED) is 0.811. The van der Waals surface area contributed by atoms with Gasteiger partial charge in [-0.05, 0) is 62.1 Å². The largest absolute Gasteiger partial charge is 0.484 e. The van der Waals surface area contributed by atoms with Crippen molar-refractivity contribution in [2.75, 3.05) is 19.7 Å². The van der Waals surface area contributed by atoms with Crippen molar-refractivity contribution in [2.24, 2.45) is 5.41 Å². The van der Waals surface area contributed by atoms with Crippen molar-refractivity contribution in [1.82, 2.24) is 10.2 Å². The first-order chi connectivity index (χ1) is 13.9. The molecule has 3 rings (SSSR count). The van der Waals surface area contributed by atoms with Crippen LogP contribution in [0, 0.1) is 18.2 Å². The summed E-state index contributed by atoms with van der Waals surface area (Å²) in [6, 6.07) is 13.5. The van der Waals surface area contributed by atoms with Crippen LogP contribution in [0.25, 0.3) is 0 Å². The van der Waals surface area contributed by atoms with E-state index in [-0.39, 0.29) is 24.2 Å². The van der Waals surface area contributed by atoms with E-state index in [1.54, 1.807) is 4.90 Å². The average molecular weight is 398 g/mol. The molecule has 1 atom stereocenters. The van der Waals surface area contributed by atoms with Gasteiger partial charge in [0.2, 0.25) is 5.91 Å². The molecule has 0 saturated carbocycles. The number of nitrogens with zero attached hydrogens (tertiary/aromatic N) is 1. The Morgan fingerprint density at radius 1 is 1.17 bits per heavy atom. The van der Waals surface area contributed by atoms with Gasteiger partial charge in [0, 0.05) is 19.6 Å². The molecule has 6 heteroatoms. The molecule has 1 N–H and O–H groups in total. The van der Waals surface area contributed by atoms with Crippen molar-refractivity contribution in [3.8, 4) is 5.75 Å². The minimum Gasteiger partial charge on any atom is -0.484 e. The number of carbonyl (C=O) groups is 2. The van der Waals surface area contributed by atoms with Gasteiger partial charge < -0.3 is 15.0 Å². The van der Waals surface area contributed by atoms with Gasteiger partial charge in [-0.1, -0.05) is 24.3 Å². The average Bonchev–Trinajstić information content (AvgIpc) is 2.72. The predicted octanol–water partition coefficient (Wildman–Crippen LogP) is 3.46. The van der Waals surface area contributed by atoms with E-state index < -0.39 is 5.41 Å². The normalized spacial score (nSPS) is 18.9. The number of aryl methyl sites for hydroxylation is 1. The van der Waals surface area contributed by atoms with Crippen molar-refractivity contribution in [3.05, 3.63) is 65.5 Å². The molecule has 1 heterocycles. The third-order valence-corrected chi connectivity index (χ3v) is 5.47. The smallest absolute Gasteiger partial charge is 0.260 e. The Morgan fingerprint density at radius 2 is 1.90 bits per heavy atom. The zero-order chi connectivity index (χ0) is 20.9. The summed E-state index contributed by atoms with van der Waals surface area (Å²) in [5.41, 5.74) is 1.59. The Bertz CT molecular complexity index is 869. The van der Waals surface area contributed by atoms with Crippen LogP contribution < -0.4 is 10.1 Å². The molecule has 5 nitrogen and oxygen atoms in total. The van der Waals surface area contributed by atoms with Crippen molar-refractivity contribution >= 4 is 11.8 Å². The van der Waals surface area contributed by atoms with Crippen LogP contribution in [0.15, 0.2) is 48.5 Å². The van der Waals surface area contributed by atoms with Gasteiger partial charge in [0.25, 0.3) is 5.91 Å². The first-order valence-electron chi connectivity index (χ1n) is 9.86. The van der Waals surface area contributed by atoms with E-state index in [0.717, 1.165) is 24.0 Å². The Balaban J connectivity index is 1.54. The van der Waals surface area contributed by atoms with Crippen LogP contribution in [0.1, 0.15) is 30.9 Å². The Kier molecular flexibility index (Phi) is 6.52. The van der Waals surface area contributed by atoms with Gasteiger partial charge in [0.15, 0.2) is 6.61 Å². The molecule has 0 radical (unpaired) electrons. The minimum absolute atomic E-state index is 0.0438. The van der Waals surface area contributed by atoms with E-state index in [9.17, 15) is 14.0 Å². The molecule has 154 valence electrons. The fourth-order valence-electron chi connectivity index (χ4n) is 3.60. The van der Waals surface area contributed by atoms with E-state index in [1.807, 2.05) is 38.1 Å². The predicted molar refractivity (Wildman–Crippen MR) is 109 cm³/mol. The van der Waals surface area contributed by atoms with Crippen LogP contribution in [0.3, 0.4) is 0 Å². The lowest BCUT2D eigenvalue weighted by Crippen LogP contribution is -2.52. The third kappa shape index (κ3) is 5.34. The van der Waals surface area contributed by atoms with Gasteiger partial charge in [-0.3, -0.25) is 9.59 Å². The lowest BCUT2D eigenvalue weighted by Gasteiger charge is -2.39. The molecule has 2 aromatic rings. The summed E-state index contributed by atoms with van der Waals surface area (Å²) >= 11 is 0. The molecule has 0 aliphatic carbocycles. The highest BCUT2D eigenvalue weighted by atomic mass is 19.1. The fraction of sp³-hybridized carbons (Fsp3) is 0.391. The van der Waals surface area contributed by atoms with Gasteiger partial charge in [0.05, 0.1) is 5.41 Å². The molecule has 1 aliphatic heterocycles. The number of amides is 2. The molecule has 1 fully saturated rings. The summed E-state index contributed by atoms with van der Waals surface area (Å²) in [5.74, 6) is -0.132. The summed E-state index contributed by atoms with van der Waals surface area (Å²) in [7, 11) is 0. The standard InChI is InChI=1S/C23H27FN2O3/c1-17-6-3-4-7-18(17)14-25-22(28)23(2)12-5-13-26(16-23)21(27)15-29-20-10-8-19(24)9-11-20/h3-4,6-11H,5,12-16H2,1-2H3,(H,25,28)/t23-/m1/s1. The topological polar surface area (TPSA) is 58.6 Å². The number of ether oxygens (including phenoxy) is 1. The number of benzene rings is 2. The molecule has 2 aromatic carbocycles. The maximum absolute atomic E-state index is 13.0. The van der Waals surface area contributed by atoms with E-state index >= 15 is 0 Å². The molecular formula is C23H27FN2O3. The molecule has 1 saturated heterocycles. The second-order valence-electron chi connectivity index (χ2n) is 7.83. The number of nitrogens with one attached hydrogen (secondary N) is 1. The highest BCUT2D eigenvalue weighted by Gasteiger charge is 2.39. The first-order valence-corrected chi connectivity index (χ1v) is 9.86. The monoisotopic (exact) mass is 398 g/mol. The van der Waals surface area contributed by atoms with Crippen LogP contribution >= 0.6 is 0 Å². The molecule has 0 unspecified atom stereocenters. The highest BCUT2D eigenvalue weighted by molar-refractivity contribution is 5.84. The summed E-state index contributed by atoms with van der Waals surface area (Å²) in [5, 5.41) is 3.03. The zero-order valence-corrected chi connectivity index (χ0v) is 16.9. The summed E-state index contributed by atoms with van der Waals surface area (Å²) < 4.78 is 18.4. The van der Waals surface area contributed by atoms with Crippen molar-refractivity contribution in [3.63, 3.8) is 0 Å². The number of hydrogen-bond donors (Lipinski definition) is 1. The van der Waals surface area contributed by atoms with E-state index in [0.29, 0.717) is 25.4 Å². The maximum atomic E-state index is 13.0. The summed E-state index contributed by atoms with van der Waals surface area (Å²) in [6.07, 6.45) is 1.49. The fourth-order valence-corrected chi connectivity index (χ4v) is 3.60. The number of likely N-dealkylation sites (tertiary alicyclic amines) is 1. The van der Waals surface area contributed by atoms with Gasteiger partial charge in [-0.25, -0.2) is 4.39 Å². The van der Waals surface area contributed by atoms with E-state index in [1.165, 1.54) is 24.3 Å². The van der Waals surface area contributed by atoms with Crippen LogP contribution in [0.2, 0.25) is 0 Å². The first kappa shape index (κ1) is 20.8. The summed E-state index contributed by atoms with van der Waals surface area (Å²) in [4.78, 5) is 27.1. The molecule has 0 aromatic heterocycles. The molecule has 0 bridgehead atoms. The number of rotatable bonds is 6. The SMILES string of the molecule is Cc1ccccc1CNC(=O)[C@]1(C)CCCN(C(=O)COc2ccc(F)cc2)C1. The second-order valence-corrected chi connectivity index (χ2v) is 7.83. The number of hydrogen-bond acceptors (Lipinski definition) is 3. The van der Waals surface area contributed by atoms with Gasteiger partial charge in [-0.2, -0.15) is 0 Å². The minimum atomic E-state index is -0.632. The Morgan fingerprint density at radius 3 is 2.62 bits per heavy atom. The van der Waals surface area contributed by atoms with E-state index in [2.05, 4.69) is 5.32 Å². The maximum Gasteiger partial charge on any atom is 0.260 e. The van der Waals surface area contributed by atoms with Crippen LogP contribution in [0.5, 0.6) is 5.75 Å². The van der Waals surface area contributed by atoms with Crippen LogP contribution in [-0.2, 0) is 16.1 Å². The third-order valence-electron chi connectivity index (χ3n) is 5.47. The molecule has 29 heavy (non-hydrogen) atoms. The van der Waals surface area contributed by atoms with Gasteiger partial charge in [0.1, 0.15) is 11.6 Å². The van der Waals surface area contributed by atoms with Gasteiger partial charge in [-0.15, -0.1) is 0 Å². The van der Waals surface area contributed by atoms with E-state index in [4.69, 9.17) is 4.74 Å². The number of piperidine rings is 1. The van der Waals surface area contributed by atoms with Crippen LogP contribution in [0.4, 0.5) is 4.39 Å². The lowest BCUT2D eigenvalue weighted by atomic mass is 9.81. The molecule has 2 amide bonds. The number of carbonyl (C=O) groups excluding carboxylic acids is 2. The van der Waals surface area contributed by atoms with Crippen molar-refractivity contribution < 1.29 is 18.7 Å². The van der Waals surface area contributed by atoms with Crippen molar-refractivity contribution in [2.45, 2.75) is 33.2 Å².